The highest BCUT2D eigenvalue weighted by Gasteiger charge is 1.77. The molecule has 1 aromatic rings. The number of rotatable bonds is 0. The summed E-state index contributed by atoms with van der Waals surface area (Å²) >= 11 is 0. The fourth-order valence-corrected chi connectivity index (χ4v) is 0.273. The van der Waals surface area contributed by atoms with Gasteiger partial charge in [0.1, 0.15) is 28.4 Å². The molecule has 0 saturated carbocycles. The molecule has 1 heterocycles. The van der Waals surface area contributed by atoms with Gasteiger partial charge in [-0.1, -0.05) is 5.16 Å². The van der Waals surface area contributed by atoms with E-state index < -0.39 is 0 Å². The van der Waals surface area contributed by atoms with Crippen LogP contribution >= 0.6 is 0 Å². The van der Waals surface area contributed by atoms with Gasteiger partial charge in [-0.3, -0.25) is 0 Å². The first-order chi connectivity index (χ1) is 5.72. The Balaban J connectivity index is 0. The predicted octanol–water partition coefficient (Wildman–Crippen LogP) is 1.21. The quantitative estimate of drug-likeness (QED) is 0.342. The van der Waals surface area contributed by atoms with E-state index in [4.69, 9.17) is 22.1 Å². The van der Waals surface area contributed by atoms with Crippen LogP contribution in [0.1, 0.15) is 5.69 Å². The molecule has 12 heavy (non-hydrogen) atoms. The van der Waals surface area contributed by atoms with Crippen molar-refractivity contribution < 1.29 is 4.52 Å². The molecule has 0 unspecified atom stereocenters. The Kier molecular flexibility index (Phi) is 12.1. The van der Waals surface area contributed by atoms with Gasteiger partial charge < -0.3 is 4.52 Å². The molecule has 0 fully saturated rings. The first-order valence-electron chi connectivity index (χ1n) is 2.66. The average molecular weight is 171 g/mol. The molecule has 64 valence electrons. The van der Waals surface area contributed by atoms with E-state index in [1.54, 1.807) is 12.3 Å². The molecular formula is C4H9N7O+2. The van der Waals surface area contributed by atoms with E-state index >= 15 is 0 Å². The van der Waals surface area contributed by atoms with Gasteiger partial charge in [0.15, 0.2) is 0 Å². The van der Waals surface area contributed by atoms with Crippen LogP contribution in [0.15, 0.2) is 16.9 Å². The molecule has 0 amide bonds. The first kappa shape index (κ1) is 12.5. The molecular weight excluding hydrogens is 162 g/mol. The van der Waals surface area contributed by atoms with Gasteiger partial charge >= 0.3 is 0 Å². The summed E-state index contributed by atoms with van der Waals surface area (Å²) < 4.78 is 4.46. The zero-order valence-electron chi connectivity index (χ0n) is 6.40. The summed E-state index contributed by atoms with van der Waals surface area (Å²) in [6.07, 6.45) is 1.55. The number of aromatic nitrogens is 1. The second-order valence-electron chi connectivity index (χ2n) is 1.36. The molecule has 0 aliphatic carbocycles. The van der Waals surface area contributed by atoms with E-state index in [-0.39, 0.29) is 0 Å². The average Bonchev–Trinajstić information content (AvgIpc) is 2.43. The van der Waals surface area contributed by atoms with E-state index in [1.165, 1.54) is 0 Å². The summed E-state index contributed by atoms with van der Waals surface area (Å²) in [7, 11) is 0. The molecule has 0 saturated heterocycles. The van der Waals surface area contributed by atoms with Crippen LogP contribution in [0, 0.1) is 29.0 Å². The topological polar surface area (TPSA) is 150 Å². The maximum Gasteiger partial charge on any atom is 0.211 e. The minimum absolute atomic E-state index is 0.926. The van der Waals surface area contributed by atoms with Crippen LogP contribution in [0.3, 0.4) is 0 Å². The first-order valence-corrected chi connectivity index (χ1v) is 2.66. The van der Waals surface area contributed by atoms with Crippen molar-refractivity contribution in [3.05, 3.63) is 18.0 Å². The summed E-state index contributed by atoms with van der Waals surface area (Å²) in [5.41, 5.74) is 22.9. The molecule has 0 aromatic carbocycles. The Hall–Kier alpha value is -2.17. The van der Waals surface area contributed by atoms with E-state index in [0.29, 0.717) is 0 Å². The summed E-state index contributed by atoms with van der Waals surface area (Å²) in [6.45, 7) is 1.88. The molecule has 4 N–H and O–H groups in total. The van der Waals surface area contributed by atoms with Gasteiger partial charge in [0, 0.05) is 6.07 Å². The van der Waals surface area contributed by atoms with E-state index in [9.17, 15) is 0 Å². The van der Waals surface area contributed by atoms with Crippen LogP contribution in [-0.2, 0) is 0 Å². The number of nitrogens with one attached hydrogen (secondary N) is 4. The van der Waals surface area contributed by atoms with Gasteiger partial charge in [-0.2, -0.15) is 0 Å². The molecule has 1 aromatic heterocycles. The summed E-state index contributed by atoms with van der Waals surface area (Å²) in [5, 5.41) is 3.54. The van der Waals surface area contributed by atoms with Crippen LogP contribution in [0.5, 0.6) is 0 Å². The Morgan fingerprint density at radius 3 is 1.75 bits per heavy atom. The van der Waals surface area contributed by atoms with Crippen LogP contribution in [0.2, 0.25) is 0 Å². The molecule has 0 atom stereocenters. The molecule has 0 aliphatic rings. The monoisotopic (exact) mass is 171 g/mol. The van der Waals surface area contributed by atoms with Crippen LogP contribution in [0.4, 0.5) is 0 Å². The number of aryl methyl sites for hydroxylation is 1. The Labute approximate surface area is 67.6 Å². The number of hydrogen-bond acceptors (Lipinski definition) is 6. The smallest absolute Gasteiger partial charge is 0.211 e. The summed E-state index contributed by atoms with van der Waals surface area (Å²) in [4.78, 5) is 4.00. The second kappa shape index (κ2) is 11.6. The molecule has 0 radical (unpaired) electrons. The van der Waals surface area contributed by atoms with Crippen molar-refractivity contribution in [2.75, 3.05) is 0 Å². The van der Waals surface area contributed by atoms with E-state index in [2.05, 4.69) is 9.68 Å². The Bertz CT molecular complexity index is 228. The fraction of sp³-hybridized carbons (Fsp3) is 0.250. The van der Waals surface area contributed by atoms with Crippen molar-refractivity contribution in [2.24, 2.45) is 0 Å². The van der Waals surface area contributed by atoms with Crippen LogP contribution < -0.4 is 9.82 Å². The third-order valence-electron chi connectivity index (χ3n) is 0.567. The molecule has 0 bridgehead atoms. The van der Waals surface area contributed by atoms with E-state index in [0.717, 1.165) is 5.69 Å². The van der Waals surface area contributed by atoms with E-state index in [1.807, 2.05) is 16.7 Å². The van der Waals surface area contributed by atoms with Gasteiger partial charge in [0.05, 0.1) is 5.69 Å². The summed E-state index contributed by atoms with van der Waals surface area (Å²) in [5.74, 6) is 0. The van der Waals surface area contributed by atoms with Gasteiger partial charge in [-0.05, 0) is 6.92 Å². The lowest BCUT2D eigenvalue weighted by Crippen LogP contribution is -1.59. The molecule has 8 heteroatoms. The standard InChI is InChI=1S/C4H5NO.2H2N3/c1-4-2-3-6-5-4;2*1-3-2/h2-3H,1H3;2*1-2H/q;2*+1. The van der Waals surface area contributed by atoms with Crippen molar-refractivity contribution in [3.63, 3.8) is 0 Å². The van der Waals surface area contributed by atoms with Gasteiger partial charge in [0.25, 0.3) is 0 Å². The molecule has 8 nitrogen and oxygen atoms in total. The van der Waals surface area contributed by atoms with Crippen LogP contribution in [-0.4, -0.2) is 5.16 Å². The zero-order chi connectivity index (χ0) is 9.82. The largest absolute Gasteiger partial charge is 0.365 e. The Morgan fingerprint density at radius 2 is 1.67 bits per heavy atom. The number of hydrogen-bond donors (Lipinski definition) is 4. The highest BCUT2D eigenvalue weighted by molar-refractivity contribution is 4.89. The van der Waals surface area contributed by atoms with Crippen LogP contribution in [0.25, 0.3) is 0 Å². The maximum atomic E-state index is 5.50. The summed E-state index contributed by atoms with van der Waals surface area (Å²) in [6, 6.07) is 1.81. The predicted molar refractivity (Wildman–Crippen MR) is 36.4 cm³/mol. The lowest BCUT2D eigenvalue weighted by molar-refractivity contribution is 0.415. The highest BCUT2D eigenvalue weighted by Crippen LogP contribution is 1.86. The number of nitrogens with zero attached hydrogens (tertiary/aromatic N) is 3. The van der Waals surface area contributed by atoms with Crippen molar-refractivity contribution >= 4 is 0 Å². The molecule has 0 spiro atoms. The van der Waals surface area contributed by atoms with Crippen molar-refractivity contribution in [1.29, 1.82) is 22.1 Å². The van der Waals surface area contributed by atoms with Crippen molar-refractivity contribution in [2.45, 2.75) is 6.92 Å². The zero-order valence-corrected chi connectivity index (χ0v) is 6.40. The minimum Gasteiger partial charge on any atom is -0.365 e. The molecule has 1 rings (SSSR count). The highest BCUT2D eigenvalue weighted by atomic mass is 16.5. The molecule has 0 aliphatic heterocycles. The van der Waals surface area contributed by atoms with Crippen molar-refractivity contribution in [3.8, 4) is 0 Å². The minimum atomic E-state index is 0.926. The van der Waals surface area contributed by atoms with Crippen molar-refractivity contribution in [1.82, 2.24) is 15.0 Å². The van der Waals surface area contributed by atoms with Gasteiger partial charge in [-0.15, -0.1) is 0 Å². The third kappa shape index (κ3) is 15.7. The third-order valence-corrected chi connectivity index (χ3v) is 0.567. The normalized spacial score (nSPS) is 5.75. The van der Waals surface area contributed by atoms with Gasteiger partial charge in [0.2, 0.25) is 9.82 Å². The lowest BCUT2D eigenvalue weighted by atomic mass is 10.5. The SMILES string of the molecule is Cc1ccon1.N=[N+]=N.N=[N+]=N. The maximum absolute atomic E-state index is 5.50. The van der Waals surface area contributed by atoms with Gasteiger partial charge in [-0.25, -0.2) is 0 Å². The fourth-order valence-electron chi connectivity index (χ4n) is 0.273. The lowest BCUT2D eigenvalue weighted by Gasteiger charge is -1.62. The Morgan fingerprint density at radius 1 is 1.25 bits per heavy atom. The second-order valence-corrected chi connectivity index (χ2v) is 1.36.